The summed E-state index contributed by atoms with van der Waals surface area (Å²) in [5.41, 5.74) is 0. The molecule has 25 heavy (non-hydrogen) atoms. The Balaban J connectivity index is 3.82. The highest BCUT2D eigenvalue weighted by atomic mass is 16.5. The first-order valence-corrected chi connectivity index (χ1v) is 9.01. The van der Waals surface area contributed by atoms with E-state index in [1.54, 1.807) is 0 Å². The lowest BCUT2D eigenvalue weighted by Gasteiger charge is -2.29. The van der Waals surface area contributed by atoms with Gasteiger partial charge in [-0.25, -0.2) is 0 Å². The summed E-state index contributed by atoms with van der Waals surface area (Å²) >= 11 is 0. The van der Waals surface area contributed by atoms with Crippen LogP contribution in [0.4, 0.5) is 0 Å². The molecule has 1 atom stereocenters. The maximum Gasteiger partial charge on any atom is 0.306 e. The van der Waals surface area contributed by atoms with E-state index in [0.717, 1.165) is 38.5 Å². The zero-order valence-electron chi connectivity index (χ0n) is 15.8. The van der Waals surface area contributed by atoms with Crippen molar-refractivity contribution in [3.05, 3.63) is 0 Å². The third-order valence-corrected chi connectivity index (χ3v) is 3.72. The molecule has 0 aromatic heterocycles. The fraction of sp³-hybridized carbons (Fsp3) is 0.833. The van der Waals surface area contributed by atoms with Crippen LogP contribution in [0.5, 0.6) is 0 Å². The van der Waals surface area contributed by atoms with Crippen LogP contribution in [-0.4, -0.2) is 61.3 Å². The number of quaternary nitrogens is 1. The highest BCUT2D eigenvalue weighted by molar-refractivity contribution is 5.70. The van der Waals surface area contributed by atoms with Crippen LogP contribution in [0, 0.1) is 0 Å². The lowest BCUT2D eigenvalue weighted by atomic mass is 10.1. The zero-order chi connectivity index (χ0) is 19.3. The minimum atomic E-state index is -1.21. The summed E-state index contributed by atoms with van der Waals surface area (Å²) in [6, 6.07) is 0. The molecule has 0 aliphatic rings. The lowest BCUT2D eigenvalue weighted by molar-refractivity contribution is -0.873. The summed E-state index contributed by atoms with van der Waals surface area (Å²) in [5.74, 6) is -2.32. The van der Waals surface area contributed by atoms with Gasteiger partial charge in [-0.3, -0.25) is 9.59 Å². The fourth-order valence-electron chi connectivity index (χ4n) is 2.61. The quantitative estimate of drug-likeness (QED) is 0.269. The second kappa shape index (κ2) is 12.7. The number of nitrogens with zero attached hydrogens (tertiary/aromatic N) is 1. The Morgan fingerprint density at radius 2 is 1.40 bits per heavy atom. The number of likely N-dealkylation sites (N-methyl/N-ethyl adjacent to an activating group) is 1. The van der Waals surface area contributed by atoms with Gasteiger partial charge in [0.15, 0.2) is 6.10 Å². The second-order valence-corrected chi connectivity index (χ2v) is 7.53. The molecule has 0 saturated carbocycles. The van der Waals surface area contributed by atoms with Crippen LogP contribution < -0.4 is 5.11 Å². The van der Waals surface area contributed by atoms with Crippen molar-refractivity contribution in [2.75, 3.05) is 27.7 Å². The van der Waals surface area contributed by atoms with Gasteiger partial charge < -0.3 is 24.2 Å². The number of hydrogen-bond acceptors (Lipinski definition) is 5. The minimum Gasteiger partial charge on any atom is -0.550 e. The van der Waals surface area contributed by atoms with E-state index in [2.05, 4.69) is 0 Å². The Bertz CT molecular complexity index is 416. The summed E-state index contributed by atoms with van der Waals surface area (Å²) in [6.07, 6.45) is 5.89. The topological polar surface area (TPSA) is 104 Å². The molecule has 0 bridgehead atoms. The summed E-state index contributed by atoms with van der Waals surface area (Å²) in [4.78, 5) is 33.0. The van der Waals surface area contributed by atoms with Crippen LogP contribution in [0.15, 0.2) is 0 Å². The molecule has 0 aromatic rings. The third kappa shape index (κ3) is 17.0. The molecule has 0 aliphatic carbocycles. The zero-order valence-corrected chi connectivity index (χ0v) is 15.8. The molecule has 0 heterocycles. The molecule has 146 valence electrons. The van der Waals surface area contributed by atoms with Crippen molar-refractivity contribution in [3.63, 3.8) is 0 Å². The molecule has 0 radical (unpaired) electrons. The molecule has 0 rings (SSSR count). The number of aliphatic carboxylic acids is 2. The van der Waals surface area contributed by atoms with E-state index in [-0.39, 0.29) is 18.8 Å². The molecular weight excluding hydrogens is 326 g/mol. The van der Waals surface area contributed by atoms with Gasteiger partial charge in [0.25, 0.3) is 0 Å². The number of carboxylic acids is 2. The summed E-state index contributed by atoms with van der Waals surface area (Å²) in [7, 11) is 5.73. The Morgan fingerprint density at radius 3 is 1.84 bits per heavy atom. The molecule has 7 nitrogen and oxygen atoms in total. The Labute approximate surface area is 150 Å². The SMILES string of the molecule is C[N+](C)(C)CC(CC(=O)[O-])OC(=O)CCCCCCCCCC(=O)O. The molecule has 0 fully saturated rings. The van der Waals surface area contributed by atoms with E-state index < -0.39 is 18.0 Å². The minimum absolute atomic E-state index is 0.228. The van der Waals surface area contributed by atoms with E-state index in [9.17, 15) is 19.5 Å². The van der Waals surface area contributed by atoms with E-state index in [1.165, 1.54) is 0 Å². The third-order valence-electron chi connectivity index (χ3n) is 3.72. The number of carbonyl (C=O) groups excluding carboxylic acids is 2. The van der Waals surface area contributed by atoms with Gasteiger partial charge in [0.2, 0.25) is 0 Å². The fourth-order valence-corrected chi connectivity index (χ4v) is 2.61. The number of esters is 1. The van der Waals surface area contributed by atoms with Crippen LogP contribution in [0.3, 0.4) is 0 Å². The monoisotopic (exact) mass is 359 g/mol. The van der Waals surface area contributed by atoms with Crippen molar-refractivity contribution in [1.29, 1.82) is 0 Å². The first kappa shape index (κ1) is 23.4. The smallest absolute Gasteiger partial charge is 0.306 e. The van der Waals surface area contributed by atoms with Crippen LogP contribution in [0.2, 0.25) is 0 Å². The van der Waals surface area contributed by atoms with Crippen molar-refractivity contribution in [1.82, 2.24) is 0 Å². The molecule has 1 unspecified atom stereocenters. The highest BCUT2D eigenvalue weighted by Crippen LogP contribution is 2.11. The molecule has 0 aliphatic heterocycles. The molecule has 0 amide bonds. The number of carboxylic acid groups (broad SMARTS) is 2. The molecule has 0 aromatic carbocycles. The van der Waals surface area contributed by atoms with Gasteiger partial charge in [-0.15, -0.1) is 0 Å². The van der Waals surface area contributed by atoms with Crippen LogP contribution in [-0.2, 0) is 19.1 Å². The van der Waals surface area contributed by atoms with Crippen molar-refractivity contribution in [2.24, 2.45) is 0 Å². The predicted octanol–water partition coefficient (Wildman–Crippen LogP) is 1.34. The van der Waals surface area contributed by atoms with Crippen LogP contribution in [0.25, 0.3) is 0 Å². The second-order valence-electron chi connectivity index (χ2n) is 7.53. The van der Waals surface area contributed by atoms with Gasteiger partial charge in [0, 0.05) is 25.2 Å². The molecule has 0 saturated heterocycles. The maximum absolute atomic E-state index is 11.9. The van der Waals surface area contributed by atoms with Gasteiger partial charge in [-0.1, -0.05) is 32.1 Å². The maximum atomic E-state index is 11.9. The number of ether oxygens (including phenoxy) is 1. The van der Waals surface area contributed by atoms with E-state index >= 15 is 0 Å². The highest BCUT2D eigenvalue weighted by Gasteiger charge is 2.22. The average molecular weight is 359 g/mol. The van der Waals surface area contributed by atoms with Crippen molar-refractivity contribution in [3.8, 4) is 0 Å². The Hall–Kier alpha value is -1.63. The van der Waals surface area contributed by atoms with Crippen molar-refractivity contribution >= 4 is 17.9 Å². The average Bonchev–Trinajstić information content (AvgIpc) is 2.42. The van der Waals surface area contributed by atoms with Gasteiger partial charge in [-0.05, 0) is 12.8 Å². The summed E-state index contributed by atoms with van der Waals surface area (Å²) < 4.78 is 5.80. The van der Waals surface area contributed by atoms with E-state index in [0.29, 0.717) is 23.9 Å². The van der Waals surface area contributed by atoms with Gasteiger partial charge in [-0.2, -0.15) is 0 Å². The summed E-state index contributed by atoms with van der Waals surface area (Å²) in [5, 5.41) is 19.3. The number of rotatable bonds is 15. The van der Waals surface area contributed by atoms with Crippen LogP contribution >= 0.6 is 0 Å². The van der Waals surface area contributed by atoms with Gasteiger partial charge >= 0.3 is 11.9 Å². The Morgan fingerprint density at radius 1 is 0.920 bits per heavy atom. The first-order chi connectivity index (χ1) is 11.6. The standard InChI is InChI=1S/C18H33NO6/c1-19(2,3)14-15(13-17(22)23)25-18(24)12-10-8-6-4-5-7-9-11-16(20)21/h15H,4-14H2,1-3H3,(H-,20,21,22,23). The van der Waals surface area contributed by atoms with Crippen molar-refractivity contribution in [2.45, 2.75) is 70.3 Å². The van der Waals surface area contributed by atoms with E-state index in [4.69, 9.17) is 9.84 Å². The van der Waals surface area contributed by atoms with Crippen LogP contribution in [0.1, 0.15) is 64.2 Å². The molecule has 7 heteroatoms. The van der Waals surface area contributed by atoms with Gasteiger partial charge in [0.1, 0.15) is 6.54 Å². The molecule has 0 spiro atoms. The number of carbonyl (C=O) groups is 3. The lowest BCUT2D eigenvalue weighted by Crippen LogP contribution is -2.45. The predicted molar refractivity (Wildman–Crippen MR) is 91.6 cm³/mol. The summed E-state index contributed by atoms with van der Waals surface area (Å²) in [6.45, 7) is 0.427. The normalized spacial score (nSPS) is 12.6. The largest absolute Gasteiger partial charge is 0.550 e. The molecule has 1 N–H and O–H groups in total. The van der Waals surface area contributed by atoms with Crippen molar-refractivity contribution < 1.29 is 33.8 Å². The first-order valence-electron chi connectivity index (χ1n) is 9.01. The Kier molecular flexibility index (Phi) is 11.9. The van der Waals surface area contributed by atoms with E-state index in [1.807, 2.05) is 21.1 Å². The number of unbranched alkanes of at least 4 members (excludes halogenated alkanes) is 6. The van der Waals surface area contributed by atoms with Gasteiger partial charge in [0.05, 0.1) is 21.1 Å². The number of hydrogen-bond donors (Lipinski definition) is 1. The molecular formula is C18H33NO6.